The quantitative estimate of drug-likeness (QED) is 0.781. The second-order valence-corrected chi connectivity index (χ2v) is 6.20. The van der Waals surface area contributed by atoms with Gasteiger partial charge in [-0.1, -0.05) is 23.7 Å². The van der Waals surface area contributed by atoms with E-state index >= 15 is 0 Å². The summed E-state index contributed by atoms with van der Waals surface area (Å²) in [6.07, 6.45) is 0. The zero-order valence-corrected chi connectivity index (χ0v) is 14.7. The fourth-order valence-corrected chi connectivity index (χ4v) is 2.61. The molecule has 2 heterocycles. The monoisotopic (exact) mass is 365 g/mol. The van der Waals surface area contributed by atoms with Crippen LogP contribution in [0.5, 0.6) is 5.75 Å². The van der Waals surface area contributed by atoms with Gasteiger partial charge in [0.15, 0.2) is 5.82 Å². The van der Waals surface area contributed by atoms with Crippen molar-refractivity contribution in [2.75, 3.05) is 33.2 Å². The van der Waals surface area contributed by atoms with E-state index in [2.05, 4.69) is 32.9 Å². The Bertz CT molecular complexity index is 715. The molecule has 0 radical (unpaired) electrons. The van der Waals surface area contributed by atoms with Crippen LogP contribution >= 0.6 is 11.6 Å². The summed E-state index contributed by atoms with van der Waals surface area (Å²) >= 11 is 6.05. The number of nitrogens with one attached hydrogen (secondary N) is 1. The molecule has 1 aliphatic rings. The second-order valence-electron chi connectivity index (χ2n) is 5.80. The van der Waals surface area contributed by atoms with Gasteiger partial charge in [0.1, 0.15) is 18.9 Å². The Balaban J connectivity index is 1.53. The first-order valence-corrected chi connectivity index (χ1v) is 8.35. The van der Waals surface area contributed by atoms with E-state index in [1.807, 2.05) is 17.1 Å². The van der Waals surface area contributed by atoms with Crippen LogP contribution in [-0.2, 0) is 17.9 Å². The van der Waals surface area contributed by atoms with Crippen molar-refractivity contribution in [2.45, 2.75) is 13.2 Å². The summed E-state index contributed by atoms with van der Waals surface area (Å²) < 4.78 is 7.04. The SMILES string of the molecule is CN1CCN(NC(=O)Cn2nnnc2COc2ccccc2Cl)CC1. The number of carbonyl (C=O) groups excluding carboxylic acids is 1. The van der Waals surface area contributed by atoms with Crippen molar-refractivity contribution >= 4 is 17.5 Å². The Morgan fingerprint density at radius 2 is 2.04 bits per heavy atom. The number of nitrogens with zero attached hydrogens (tertiary/aromatic N) is 6. The van der Waals surface area contributed by atoms with Gasteiger partial charge in [-0.3, -0.25) is 10.2 Å². The van der Waals surface area contributed by atoms with Gasteiger partial charge in [-0.15, -0.1) is 5.10 Å². The summed E-state index contributed by atoms with van der Waals surface area (Å²) in [6, 6.07) is 7.15. The lowest BCUT2D eigenvalue weighted by atomic mass is 10.3. The molecule has 1 aliphatic heterocycles. The van der Waals surface area contributed by atoms with Crippen LogP contribution in [0.2, 0.25) is 5.02 Å². The summed E-state index contributed by atoms with van der Waals surface area (Å²) in [5, 5.41) is 13.8. The van der Waals surface area contributed by atoms with E-state index in [1.54, 1.807) is 12.1 Å². The topological polar surface area (TPSA) is 88.4 Å². The summed E-state index contributed by atoms with van der Waals surface area (Å²) in [6.45, 7) is 3.57. The Morgan fingerprint density at radius 1 is 1.28 bits per heavy atom. The summed E-state index contributed by atoms with van der Waals surface area (Å²) in [5.41, 5.74) is 2.88. The van der Waals surface area contributed by atoms with Gasteiger partial charge >= 0.3 is 0 Å². The Kier molecular flexibility index (Phi) is 5.79. The van der Waals surface area contributed by atoms with Gasteiger partial charge in [-0.05, 0) is 29.6 Å². The smallest absolute Gasteiger partial charge is 0.256 e. The van der Waals surface area contributed by atoms with Gasteiger partial charge in [0.05, 0.1) is 5.02 Å². The Labute approximate surface area is 150 Å². The highest BCUT2D eigenvalue weighted by molar-refractivity contribution is 6.32. The van der Waals surface area contributed by atoms with Gasteiger partial charge in [0.2, 0.25) is 0 Å². The van der Waals surface area contributed by atoms with Gasteiger partial charge in [0, 0.05) is 26.2 Å². The molecule has 0 aliphatic carbocycles. The van der Waals surface area contributed by atoms with Crippen molar-refractivity contribution < 1.29 is 9.53 Å². The number of hydrogen-bond donors (Lipinski definition) is 1. The number of benzene rings is 1. The number of tetrazole rings is 1. The van der Waals surface area contributed by atoms with E-state index < -0.39 is 0 Å². The average Bonchev–Trinajstić information content (AvgIpc) is 3.03. The highest BCUT2D eigenvalue weighted by Crippen LogP contribution is 2.23. The first kappa shape index (κ1) is 17.6. The normalized spacial score (nSPS) is 15.9. The molecular weight excluding hydrogens is 346 g/mol. The Morgan fingerprint density at radius 3 is 2.80 bits per heavy atom. The Hall–Kier alpha value is -2.23. The molecule has 10 heteroatoms. The minimum Gasteiger partial charge on any atom is -0.484 e. The highest BCUT2D eigenvalue weighted by atomic mass is 35.5. The third kappa shape index (κ3) is 4.88. The first-order valence-electron chi connectivity index (χ1n) is 7.97. The molecule has 1 saturated heterocycles. The number of ether oxygens (including phenoxy) is 1. The summed E-state index contributed by atoms with van der Waals surface area (Å²) in [4.78, 5) is 14.4. The maximum absolute atomic E-state index is 12.2. The van der Waals surface area contributed by atoms with Crippen molar-refractivity contribution in [3.8, 4) is 5.75 Å². The number of hydrazine groups is 1. The number of rotatable bonds is 6. The van der Waals surface area contributed by atoms with Gasteiger partial charge < -0.3 is 9.64 Å². The number of halogens is 1. The van der Waals surface area contributed by atoms with Crippen LogP contribution in [0.1, 0.15) is 5.82 Å². The van der Waals surface area contributed by atoms with Crippen LogP contribution in [-0.4, -0.2) is 69.2 Å². The first-order chi connectivity index (χ1) is 12.1. The maximum Gasteiger partial charge on any atom is 0.256 e. The van der Waals surface area contributed by atoms with Crippen molar-refractivity contribution in [1.29, 1.82) is 0 Å². The van der Waals surface area contributed by atoms with Crippen molar-refractivity contribution in [1.82, 2.24) is 35.5 Å². The lowest BCUT2D eigenvalue weighted by molar-refractivity contribution is -0.127. The number of hydrogen-bond acceptors (Lipinski definition) is 7. The minimum atomic E-state index is -0.171. The lowest BCUT2D eigenvalue weighted by Gasteiger charge is -2.32. The van der Waals surface area contributed by atoms with Crippen molar-refractivity contribution in [3.05, 3.63) is 35.1 Å². The largest absolute Gasteiger partial charge is 0.484 e. The lowest BCUT2D eigenvalue weighted by Crippen LogP contribution is -2.53. The average molecular weight is 366 g/mol. The molecule has 0 unspecified atom stereocenters. The van der Waals surface area contributed by atoms with E-state index in [0.717, 1.165) is 26.2 Å². The van der Waals surface area contributed by atoms with E-state index in [4.69, 9.17) is 16.3 Å². The van der Waals surface area contributed by atoms with Crippen molar-refractivity contribution in [3.63, 3.8) is 0 Å². The van der Waals surface area contributed by atoms with Gasteiger partial charge in [0.25, 0.3) is 5.91 Å². The van der Waals surface area contributed by atoms with Crippen LogP contribution in [0.15, 0.2) is 24.3 Å². The molecule has 0 atom stereocenters. The zero-order valence-electron chi connectivity index (χ0n) is 13.9. The molecule has 0 bridgehead atoms. The molecule has 1 aromatic heterocycles. The standard InChI is InChI=1S/C15H20ClN7O2/c1-21-6-8-22(9-7-21)18-15(24)10-23-14(17-19-20-23)11-25-13-5-3-2-4-12(13)16/h2-5H,6-11H2,1H3,(H,18,24). The van der Waals surface area contributed by atoms with Gasteiger partial charge in [-0.2, -0.15) is 0 Å². The molecule has 1 N–H and O–H groups in total. The molecule has 134 valence electrons. The number of piperazine rings is 1. The minimum absolute atomic E-state index is 0.0283. The van der Waals surface area contributed by atoms with Crippen LogP contribution in [0.25, 0.3) is 0 Å². The zero-order chi connectivity index (χ0) is 17.6. The fraction of sp³-hybridized carbons (Fsp3) is 0.467. The van der Waals surface area contributed by atoms with Crippen LogP contribution < -0.4 is 10.2 Å². The van der Waals surface area contributed by atoms with E-state index in [9.17, 15) is 4.79 Å². The van der Waals surface area contributed by atoms with Crippen molar-refractivity contribution in [2.24, 2.45) is 0 Å². The third-order valence-corrected chi connectivity index (χ3v) is 4.19. The van der Waals surface area contributed by atoms with E-state index in [1.165, 1.54) is 4.68 Å². The predicted octanol–water partition coefficient (Wildman–Crippen LogP) is 0.184. The number of para-hydroxylation sites is 1. The fourth-order valence-electron chi connectivity index (χ4n) is 2.42. The molecule has 1 fully saturated rings. The molecular formula is C15H20ClN7O2. The molecule has 9 nitrogen and oxygen atoms in total. The molecule has 0 saturated carbocycles. The highest BCUT2D eigenvalue weighted by Gasteiger charge is 2.17. The number of aromatic nitrogens is 4. The number of amides is 1. The second kappa shape index (κ2) is 8.24. The summed E-state index contributed by atoms with van der Waals surface area (Å²) in [5.74, 6) is 0.824. The number of likely N-dealkylation sites (N-methyl/N-ethyl adjacent to an activating group) is 1. The maximum atomic E-state index is 12.2. The third-order valence-electron chi connectivity index (χ3n) is 3.88. The molecule has 25 heavy (non-hydrogen) atoms. The van der Waals surface area contributed by atoms with Crippen LogP contribution in [0.4, 0.5) is 0 Å². The molecule has 2 aromatic rings. The van der Waals surface area contributed by atoms with Gasteiger partial charge in [-0.25, -0.2) is 9.69 Å². The van der Waals surface area contributed by atoms with Crippen LogP contribution in [0.3, 0.4) is 0 Å². The number of carbonyl (C=O) groups is 1. The van der Waals surface area contributed by atoms with Crippen LogP contribution in [0, 0.1) is 0 Å². The predicted molar refractivity (Wildman–Crippen MR) is 90.8 cm³/mol. The summed E-state index contributed by atoms with van der Waals surface area (Å²) in [7, 11) is 2.06. The molecule has 1 aromatic carbocycles. The molecule has 0 spiro atoms. The van der Waals surface area contributed by atoms with E-state index in [0.29, 0.717) is 16.6 Å². The van der Waals surface area contributed by atoms with E-state index in [-0.39, 0.29) is 19.1 Å². The molecule has 3 rings (SSSR count). The molecule has 1 amide bonds.